The summed E-state index contributed by atoms with van der Waals surface area (Å²) in [7, 11) is 0. The molecule has 0 bridgehead atoms. The van der Waals surface area contributed by atoms with Crippen molar-refractivity contribution in [2.24, 2.45) is 5.92 Å². The van der Waals surface area contributed by atoms with Crippen molar-refractivity contribution in [3.8, 4) is 0 Å². The fourth-order valence-corrected chi connectivity index (χ4v) is 3.03. The lowest BCUT2D eigenvalue weighted by molar-refractivity contribution is -0.119. The predicted molar refractivity (Wildman–Crippen MR) is 73.4 cm³/mol. The summed E-state index contributed by atoms with van der Waals surface area (Å²) in [5.74, 6) is 1.46. The number of nitrogens with one attached hydrogen (secondary N) is 1. The van der Waals surface area contributed by atoms with E-state index < -0.39 is 0 Å². The maximum absolute atomic E-state index is 12.1. The molecule has 2 rings (SSSR count). The lowest BCUT2D eigenvalue weighted by Crippen LogP contribution is -2.20. The predicted octanol–water partition coefficient (Wildman–Crippen LogP) is 3.93. The number of thioether (sulfide) groups is 1. The van der Waals surface area contributed by atoms with Crippen molar-refractivity contribution >= 4 is 23.4 Å². The van der Waals surface area contributed by atoms with Gasteiger partial charge in [-0.1, -0.05) is 31.9 Å². The summed E-state index contributed by atoms with van der Waals surface area (Å²) in [5.41, 5.74) is 0.969. The van der Waals surface area contributed by atoms with Crippen molar-refractivity contribution in [1.82, 2.24) is 0 Å². The van der Waals surface area contributed by atoms with E-state index in [1.165, 1.54) is 17.7 Å². The molecule has 0 aliphatic heterocycles. The fraction of sp³-hybridized carbons (Fsp3) is 0.500. The third-order valence-electron chi connectivity index (χ3n) is 3.17. The first-order chi connectivity index (χ1) is 8.31. The van der Waals surface area contributed by atoms with Crippen LogP contribution in [0.5, 0.6) is 0 Å². The molecule has 1 amide bonds. The van der Waals surface area contributed by atoms with Gasteiger partial charge in [0.2, 0.25) is 5.91 Å². The number of rotatable bonds is 4. The van der Waals surface area contributed by atoms with Crippen molar-refractivity contribution < 1.29 is 4.79 Å². The van der Waals surface area contributed by atoms with Gasteiger partial charge >= 0.3 is 0 Å². The molecular formula is C14H19NOS. The number of hydrogen-bond acceptors (Lipinski definition) is 2. The van der Waals surface area contributed by atoms with E-state index in [2.05, 4.69) is 18.3 Å². The van der Waals surface area contributed by atoms with Crippen molar-refractivity contribution in [2.75, 3.05) is 11.1 Å². The third-order valence-corrected chi connectivity index (χ3v) is 4.13. The Morgan fingerprint density at radius 3 is 2.76 bits per heavy atom. The van der Waals surface area contributed by atoms with Crippen LogP contribution < -0.4 is 5.32 Å². The summed E-state index contributed by atoms with van der Waals surface area (Å²) >= 11 is 1.77. The number of hydrogen-bond donors (Lipinski definition) is 1. The molecule has 3 heteroatoms. The van der Waals surface area contributed by atoms with E-state index >= 15 is 0 Å². The molecule has 1 aromatic carbocycles. The highest BCUT2D eigenvalue weighted by Crippen LogP contribution is 2.29. The molecule has 1 N–H and O–H groups in total. The van der Waals surface area contributed by atoms with E-state index in [0.29, 0.717) is 0 Å². The highest BCUT2D eigenvalue weighted by atomic mass is 32.2. The van der Waals surface area contributed by atoms with E-state index in [1.54, 1.807) is 11.8 Å². The summed E-state index contributed by atoms with van der Waals surface area (Å²) < 4.78 is 0. The number of carbonyl (C=O) groups excluding carboxylic acids is 1. The quantitative estimate of drug-likeness (QED) is 0.819. The summed E-state index contributed by atoms with van der Waals surface area (Å²) in [6, 6.07) is 8.05. The topological polar surface area (TPSA) is 29.1 Å². The normalized spacial score (nSPS) is 16.1. The molecule has 0 heterocycles. The van der Waals surface area contributed by atoms with E-state index in [9.17, 15) is 4.79 Å². The summed E-state index contributed by atoms with van der Waals surface area (Å²) in [4.78, 5) is 13.2. The maximum Gasteiger partial charge on any atom is 0.227 e. The Morgan fingerprint density at radius 1 is 1.35 bits per heavy atom. The third kappa shape index (κ3) is 3.25. The number of anilines is 1. The van der Waals surface area contributed by atoms with Crippen LogP contribution in [0, 0.1) is 5.92 Å². The lowest BCUT2D eigenvalue weighted by atomic mass is 10.1. The lowest BCUT2D eigenvalue weighted by Gasteiger charge is -2.13. The van der Waals surface area contributed by atoms with Crippen LogP contribution in [0.1, 0.15) is 32.6 Å². The first-order valence-corrected chi connectivity index (χ1v) is 7.32. The van der Waals surface area contributed by atoms with Crippen molar-refractivity contribution in [3.63, 3.8) is 0 Å². The first-order valence-electron chi connectivity index (χ1n) is 6.34. The van der Waals surface area contributed by atoms with Gasteiger partial charge in [-0.15, -0.1) is 11.8 Å². The number of para-hydroxylation sites is 1. The van der Waals surface area contributed by atoms with Crippen molar-refractivity contribution in [3.05, 3.63) is 24.3 Å². The summed E-state index contributed by atoms with van der Waals surface area (Å²) in [5, 5.41) is 3.08. The van der Waals surface area contributed by atoms with E-state index in [4.69, 9.17) is 0 Å². The minimum atomic E-state index is 0.201. The Balaban J connectivity index is 2.04. The number of benzene rings is 1. The Kier molecular flexibility index (Phi) is 4.49. The molecular weight excluding hydrogens is 230 g/mol. The monoisotopic (exact) mass is 249 g/mol. The zero-order valence-electron chi connectivity index (χ0n) is 10.2. The molecule has 92 valence electrons. The molecule has 0 unspecified atom stereocenters. The number of carbonyl (C=O) groups is 1. The minimum absolute atomic E-state index is 0.201. The molecule has 0 atom stereocenters. The number of amides is 1. The van der Waals surface area contributed by atoms with Gasteiger partial charge in [-0.25, -0.2) is 0 Å². The average Bonchev–Trinajstić information content (AvgIpc) is 2.85. The minimum Gasteiger partial charge on any atom is -0.325 e. The first kappa shape index (κ1) is 12.5. The molecule has 0 aromatic heterocycles. The Labute approximate surface area is 107 Å². The van der Waals surface area contributed by atoms with Crippen LogP contribution in [0.15, 0.2) is 29.2 Å². The van der Waals surface area contributed by atoms with Gasteiger partial charge in [0.1, 0.15) is 0 Å². The van der Waals surface area contributed by atoms with Crippen molar-refractivity contribution in [1.29, 1.82) is 0 Å². The van der Waals surface area contributed by atoms with Crippen LogP contribution in [0.3, 0.4) is 0 Å². The Hall–Kier alpha value is -0.960. The molecule has 2 nitrogen and oxygen atoms in total. The molecule has 17 heavy (non-hydrogen) atoms. The van der Waals surface area contributed by atoms with Gasteiger partial charge in [0.05, 0.1) is 5.69 Å². The smallest absolute Gasteiger partial charge is 0.227 e. The zero-order valence-corrected chi connectivity index (χ0v) is 11.1. The Morgan fingerprint density at radius 2 is 2.06 bits per heavy atom. The van der Waals surface area contributed by atoms with Gasteiger partial charge in [-0.3, -0.25) is 4.79 Å². The Bertz CT molecular complexity index is 386. The van der Waals surface area contributed by atoms with Crippen LogP contribution in [0.4, 0.5) is 5.69 Å². The van der Waals surface area contributed by atoms with Gasteiger partial charge in [0.15, 0.2) is 0 Å². The van der Waals surface area contributed by atoms with Crippen LogP contribution >= 0.6 is 11.8 Å². The highest BCUT2D eigenvalue weighted by Gasteiger charge is 2.22. The molecule has 0 saturated heterocycles. The molecule has 1 aromatic rings. The highest BCUT2D eigenvalue weighted by molar-refractivity contribution is 7.99. The molecule has 0 spiro atoms. The summed E-state index contributed by atoms with van der Waals surface area (Å²) in [6.45, 7) is 2.13. The zero-order chi connectivity index (χ0) is 12.1. The van der Waals surface area contributed by atoms with Crippen LogP contribution in [0.2, 0.25) is 0 Å². The van der Waals surface area contributed by atoms with Gasteiger partial charge in [-0.05, 0) is 30.7 Å². The second-order valence-corrected chi connectivity index (χ2v) is 5.71. The molecule has 1 fully saturated rings. The van der Waals surface area contributed by atoms with Crippen LogP contribution in [-0.2, 0) is 4.79 Å². The molecule has 1 aliphatic rings. The van der Waals surface area contributed by atoms with Crippen molar-refractivity contribution in [2.45, 2.75) is 37.5 Å². The van der Waals surface area contributed by atoms with Gasteiger partial charge in [-0.2, -0.15) is 0 Å². The molecule has 1 saturated carbocycles. The fourth-order valence-electron chi connectivity index (χ4n) is 2.27. The maximum atomic E-state index is 12.1. The second-order valence-electron chi connectivity index (χ2n) is 4.40. The SMILES string of the molecule is CCSc1ccccc1NC(=O)C1CCCC1. The van der Waals surface area contributed by atoms with E-state index in [1.807, 2.05) is 18.2 Å². The molecule has 1 aliphatic carbocycles. The standard InChI is InChI=1S/C14H19NOS/c1-2-17-13-10-6-5-9-12(13)15-14(16)11-7-3-4-8-11/h5-6,9-11H,2-4,7-8H2,1H3,(H,15,16). The summed E-state index contributed by atoms with van der Waals surface area (Å²) in [6.07, 6.45) is 4.50. The van der Waals surface area contributed by atoms with Gasteiger partial charge in [0.25, 0.3) is 0 Å². The molecule has 0 radical (unpaired) electrons. The van der Waals surface area contributed by atoms with Gasteiger partial charge in [0, 0.05) is 10.8 Å². The van der Waals surface area contributed by atoms with E-state index in [0.717, 1.165) is 24.3 Å². The van der Waals surface area contributed by atoms with E-state index in [-0.39, 0.29) is 11.8 Å². The van der Waals surface area contributed by atoms with Crippen LogP contribution in [-0.4, -0.2) is 11.7 Å². The average molecular weight is 249 g/mol. The van der Waals surface area contributed by atoms with Crippen LogP contribution in [0.25, 0.3) is 0 Å². The second kappa shape index (κ2) is 6.10. The van der Waals surface area contributed by atoms with Gasteiger partial charge < -0.3 is 5.32 Å². The largest absolute Gasteiger partial charge is 0.325 e.